The summed E-state index contributed by atoms with van der Waals surface area (Å²) in [6.07, 6.45) is 0. The lowest BCUT2D eigenvalue weighted by Crippen LogP contribution is -2.43. The van der Waals surface area contributed by atoms with Crippen LogP contribution in [0.1, 0.15) is 22.3 Å². The summed E-state index contributed by atoms with van der Waals surface area (Å²) >= 11 is 0. The molecule has 1 saturated heterocycles. The van der Waals surface area contributed by atoms with Crippen LogP contribution in [0.2, 0.25) is 0 Å². The second-order valence-corrected chi connectivity index (χ2v) is 7.60. The van der Waals surface area contributed by atoms with Crippen molar-refractivity contribution >= 4 is 11.6 Å². The van der Waals surface area contributed by atoms with Gasteiger partial charge < -0.3 is 16.0 Å². The van der Waals surface area contributed by atoms with Gasteiger partial charge in [0.15, 0.2) is 5.96 Å². The summed E-state index contributed by atoms with van der Waals surface area (Å²) < 4.78 is 0. The van der Waals surface area contributed by atoms with E-state index in [9.17, 15) is 0 Å². The van der Waals surface area contributed by atoms with Gasteiger partial charge in [-0.3, -0.25) is 4.90 Å². The van der Waals surface area contributed by atoms with Crippen LogP contribution in [-0.2, 0) is 13.1 Å². The molecule has 0 aliphatic carbocycles. The highest BCUT2D eigenvalue weighted by molar-refractivity contribution is 5.92. The van der Waals surface area contributed by atoms with Crippen LogP contribution in [0.3, 0.4) is 0 Å². The molecule has 0 saturated carbocycles. The number of hydrogen-bond acceptors (Lipinski definition) is 3. The van der Waals surface area contributed by atoms with Crippen LogP contribution in [0, 0.1) is 13.8 Å². The topological polar surface area (TPSA) is 56.9 Å². The molecule has 144 valence electrons. The first kappa shape index (κ1) is 19.4. The second kappa shape index (κ2) is 9.02. The highest BCUT2D eigenvalue weighted by Crippen LogP contribution is 2.14. The fourth-order valence-corrected chi connectivity index (χ4v) is 3.42. The van der Waals surface area contributed by atoms with E-state index < -0.39 is 0 Å². The van der Waals surface area contributed by atoms with Crippen molar-refractivity contribution in [2.45, 2.75) is 26.9 Å². The number of nitrogens with one attached hydrogen (secondary N) is 1. The molecule has 3 N–H and O–H groups in total. The molecule has 0 atom stereocenters. The molecule has 2 aromatic carbocycles. The van der Waals surface area contributed by atoms with E-state index in [0.717, 1.165) is 38.4 Å². The van der Waals surface area contributed by atoms with E-state index in [1.807, 2.05) is 0 Å². The highest BCUT2D eigenvalue weighted by Gasteiger charge is 2.13. The van der Waals surface area contributed by atoms with E-state index in [1.165, 1.54) is 22.3 Å². The Labute approximate surface area is 162 Å². The molecule has 0 bridgehead atoms. The van der Waals surface area contributed by atoms with Gasteiger partial charge in [-0.2, -0.15) is 0 Å². The van der Waals surface area contributed by atoms with E-state index in [2.05, 4.69) is 83.5 Å². The number of aryl methyl sites for hydroxylation is 2. The molecule has 0 spiro atoms. The summed E-state index contributed by atoms with van der Waals surface area (Å²) in [6, 6.07) is 15.0. The second-order valence-electron chi connectivity index (χ2n) is 7.60. The lowest BCUT2D eigenvalue weighted by Gasteiger charge is -2.32. The van der Waals surface area contributed by atoms with Crippen LogP contribution < -0.4 is 11.1 Å². The molecule has 0 aromatic heterocycles. The Morgan fingerprint density at radius 2 is 1.56 bits per heavy atom. The van der Waals surface area contributed by atoms with E-state index in [4.69, 9.17) is 5.73 Å². The minimum Gasteiger partial charge on any atom is -0.370 e. The third-order valence-corrected chi connectivity index (χ3v) is 4.95. The molecule has 1 heterocycles. The number of likely N-dealkylation sites (N-methyl/N-ethyl adjacent to an activating group) is 1. The van der Waals surface area contributed by atoms with E-state index in [-0.39, 0.29) is 0 Å². The SMILES string of the molecule is Cc1cc(C)cc(NC(N)=NCc2ccc(CN3CCN(C)CC3)cc2)c1. The molecule has 0 radical (unpaired) electrons. The van der Waals surface area contributed by atoms with Crippen molar-refractivity contribution in [2.75, 3.05) is 38.5 Å². The zero-order valence-corrected chi connectivity index (χ0v) is 16.7. The zero-order valence-electron chi connectivity index (χ0n) is 16.7. The van der Waals surface area contributed by atoms with Gasteiger partial charge in [-0.25, -0.2) is 4.99 Å². The van der Waals surface area contributed by atoms with Crippen LogP contribution >= 0.6 is 0 Å². The average Bonchev–Trinajstić information content (AvgIpc) is 2.62. The molecule has 5 heteroatoms. The Bertz CT molecular complexity index is 754. The lowest BCUT2D eigenvalue weighted by atomic mass is 10.1. The van der Waals surface area contributed by atoms with Crippen molar-refractivity contribution in [1.29, 1.82) is 0 Å². The van der Waals surface area contributed by atoms with E-state index >= 15 is 0 Å². The maximum atomic E-state index is 6.05. The Morgan fingerprint density at radius 1 is 0.963 bits per heavy atom. The third kappa shape index (κ3) is 6.08. The standard InChI is InChI=1S/C22H31N5/c1-17-12-18(2)14-21(13-17)25-22(23)24-15-19-4-6-20(7-5-19)16-27-10-8-26(3)9-11-27/h4-7,12-14H,8-11,15-16H2,1-3H3,(H3,23,24,25). The van der Waals surface area contributed by atoms with Gasteiger partial charge in [0.25, 0.3) is 0 Å². The Hall–Kier alpha value is -2.37. The summed E-state index contributed by atoms with van der Waals surface area (Å²) in [4.78, 5) is 9.37. The summed E-state index contributed by atoms with van der Waals surface area (Å²) in [5.74, 6) is 0.446. The Morgan fingerprint density at radius 3 is 2.19 bits per heavy atom. The number of benzene rings is 2. The summed E-state index contributed by atoms with van der Waals surface area (Å²) in [6.45, 7) is 10.3. The predicted molar refractivity (Wildman–Crippen MR) is 114 cm³/mol. The summed E-state index contributed by atoms with van der Waals surface area (Å²) in [5.41, 5.74) is 12.0. The molecule has 2 aromatic rings. The molecule has 1 fully saturated rings. The smallest absolute Gasteiger partial charge is 0.193 e. The van der Waals surface area contributed by atoms with Crippen LogP contribution in [0.4, 0.5) is 5.69 Å². The molecule has 5 nitrogen and oxygen atoms in total. The highest BCUT2D eigenvalue weighted by atomic mass is 15.2. The maximum Gasteiger partial charge on any atom is 0.193 e. The molecule has 1 aliphatic rings. The van der Waals surface area contributed by atoms with Crippen molar-refractivity contribution in [1.82, 2.24) is 9.80 Å². The number of hydrogen-bond donors (Lipinski definition) is 2. The molecule has 0 unspecified atom stereocenters. The van der Waals surface area contributed by atoms with Crippen molar-refractivity contribution in [2.24, 2.45) is 10.7 Å². The number of piperazine rings is 1. The number of nitrogens with two attached hydrogens (primary N) is 1. The van der Waals surface area contributed by atoms with Gasteiger partial charge in [-0.05, 0) is 55.3 Å². The summed E-state index contributed by atoms with van der Waals surface area (Å²) in [5, 5.41) is 3.18. The normalized spacial score (nSPS) is 16.5. The first-order valence-corrected chi connectivity index (χ1v) is 9.62. The van der Waals surface area contributed by atoms with E-state index in [1.54, 1.807) is 0 Å². The third-order valence-electron chi connectivity index (χ3n) is 4.95. The van der Waals surface area contributed by atoms with Crippen molar-refractivity contribution in [3.8, 4) is 0 Å². The summed E-state index contributed by atoms with van der Waals surface area (Å²) in [7, 11) is 2.19. The number of rotatable bonds is 5. The zero-order chi connectivity index (χ0) is 19.2. The van der Waals surface area contributed by atoms with Gasteiger partial charge in [-0.15, -0.1) is 0 Å². The maximum absolute atomic E-state index is 6.05. The minimum absolute atomic E-state index is 0.446. The van der Waals surface area contributed by atoms with Crippen LogP contribution in [0.5, 0.6) is 0 Å². The minimum atomic E-state index is 0.446. The average molecular weight is 366 g/mol. The predicted octanol–water partition coefficient (Wildman–Crippen LogP) is 2.98. The lowest BCUT2D eigenvalue weighted by molar-refractivity contribution is 0.148. The van der Waals surface area contributed by atoms with E-state index in [0.29, 0.717) is 12.5 Å². The number of anilines is 1. The van der Waals surface area contributed by atoms with Crippen molar-refractivity contribution in [3.63, 3.8) is 0 Å². The molecule has 0 amide bonds. The Kier molecular flexibility index (Phi) is 6.48. The molecule has 3 rings (SSSR count). The van der Waals surface area contributed by atoms with Gasteiger partial charge in [0.2, 0.25) is 0 Å². The van der Waals surface area contributed by atoms with Crippen LogP contribution in [0.15, 0.2) is 47.5 Å². The van der Waals surface area contributed by atoms with Gasteiger partial charge in [-0.1, -0.05) is 30.3 Å². The van der Waals surface area contributed by atoms with Crippen molar-refractivity contribution in [3.05, 3.63) is 64.7 Å². The number of guanidine groups is 1. The monoisotopic (exact) mass is 365 g/mol. The van der Waals surface area contributed by atoms with Gasteiger partial charge in [0, 0.05) is 38.4 Å². The molecule has 1 aliphatic heterocycles. The number of aliphatic imine (C=N–C) groups is 1. The van der Waals surface area contributed by atoms with Crippen LogP contribution in [-0.4, -0.2) is 49.0 Å². The van der Waals surface area contributed by atoms with Gasteiger partial charge >= 0.3 is 0 Å². The number of nitrogens with zero attached hydrogens (tertiary/aromatic N) is 3. The largest absolute Gasteiger partial charge is 0.370 e. The molecular formula is C22H31N5. The molecule has 27 heavy (non-hydrogen) atoms. The fraction of sp³-hybridized carbons (Fsp3) is 0.409. The fourth-order valence-electron chi connectivity index (χ4n) is 3.42. The van der Waals surface area contributed by atoms with Crippen molar-refractivity contribution < 1.29 is 0 Å². The van der Waals surface area contributed by atoms with Crippen LogP contribution in [0.25, 0.3) is 0 Å². The Balaban J connectivity index is 1.52. The molecular weight excluding hydrogens is 334 g/mol. The first-order valence-electron chi connectivity index (χ1n) is 9.62. The van der Waals surface area contributed by atoms with Gasteiger partial charge in [0.1, 0.15) is 0 Å². The van der Waals surface area contributed by atoms with Gasteiger partial charge in [0.05, 0.1) is 6.54 Å². The quantitative estimate of drug-likeness (QED) is 0.632. The first-order chi connectivity index (χ1) is 13.0.